The van der Waals surface area contributed by atoms with Gasteiger partial charge < -0.3 is 31.5 Å². The van der Waals surface area contributed by atoms with E-state index in [-0.39, 0.29) is 5.82 Å². The fourth-order valence-corrected chi connectivity index (χ4v) is 2.30. The topological polar surface area (TPSA) is 157 Å². The molecule has 9 nitrogen and oxygen atoms in total. The molecular weight excluding hydrogens is 280 g/mol. The number of aryl methyl sites for hydroxylation is 1. The molecule has 1 unspecified atom stereocenters. The summed E-state index contributed by atoms with van der Waals surface area (Å²) >= 11 is 0. The summed E-state index contributed by atoms with van der Waals surface area (Å²) in [5.74, 6) is 0.108. The van der Waals surface area contributed by atoms with Crippen LogP contribution < -0.4 is 17.2 Å². The molecule has 0 aliphatic carbocycles. The molecule has 2 rings (SSSR count). The summed E-state index contributed by atoms with van der Waals surface area (Å²) in [5.41, 5.74) is 11.0. The summed E-state index contributed by atoms with van der Waals surface area (Å²) in [7, 11) is 0. The van der Waals surface area contributed by atoms with Gasteiger partial charge in [-0.1, -0.05) is 0 Å². The molecule has 4 atom stereocenters. The van der Waals surface area contributed by atoms with Gasteiger partial charge >= 0.3 is 5.69 Å². The van der Waals surface area contributed by atoms with Crippen LogP contribution in [0.5, 0.6) is 0 Å². The number of rotatable bonds is 5. The maximum absolute atomic E-state index is 11.9. The van der Waals surface area contributed by atoms with E-state index >= 15 is 0 Å². The summed E-state index contributed by atoms with van der Waals surface area (Å²) < 4.78 is 6.38. The molecule has 1 aliphatic heterocycles. The standard InChI is InChI=1S/C12H20N4O5/c13-3-1-2-6-4-16(12(20)15-10(6)14)11-9(19)8(18)7(5-17)21-11/h4,7-9,11,17-19H,1-3,5,13H2,(H2,14,15,20)/t7-,8?,9+,11-/m1/s1. The van der Waals surface area contributed by atoms with E-state index in [4.69, 9.17) is 21.3 Å². The van der Waals surface area contributed by atoms with Gasteiger partial charge in [-0.25, -0.2) is 4.79 Å². The van der Waals surface area contributed by atoms with Crippen molar-refractivity contribution >= 4 is 5.82 Å². The molecule has 2 heterocycles. The summed E-state index contributed by atoms with van der Waals surface area (Å²) in [6, 6.07) is 0. The van der Waals surface area contributed by atoms with Crippen molar-refractivity contribution in [2.24, 2.45) is 5.73 Å². The van der Waals surface area contributed by atoms with Crippen LogP contribution in [0.3, 0.4) is 0 Å². The molecule has 1 saturated heterocycles. The first-order valence-corrected chi connectivity index (χ1v) is 6.69. The van der Waals surface area contributed by atoms with Crippen LogP contribution in [0.4, 0.5) is 5.82 Å². The Hall–Kier alpha value is -1.52. The van der Waals surface area contributed by atoms with Crippen LogP contribution in [0.15, 0.2) is 11.0 Å². The molecule has 0 bridgehead atoms. The van der Waals surface area contributed by atoms with Crippen LogP contribution >= 0.6 is 0 Å². The van der Waals surface area contributed by atoms with Crippen molar-refractivity contribution in [1.82, 2.24) is 9.55 Å². The van der Waals surface area contributed by atoms with Gasteiger partial charge in [-0.2, -0.15) is 4.98 Å². The van der Waals surface area contributed by atoms with Gasteiger partial charge in [0, 0.05) is 11.8 Å². The molecule has 0 spiro atoms. The van der Waals surface area contributed by atoms with Gasteiger partial charge in [-0.05, 0) is 19.4 Å². The normalized spacial score (nSPS) is 29.0. The quantitative estimate of drug-likeness (QED) is 0.394. The Balaban J connectivity index is 2.33. The maximum atomic E-state index is 11.9. The first-order valence-electron chi connectivity index (χ1n) is 6.69. The van der Waals surface area contributed by atoms with Gasteiger partial charge in [-0.3, -0.25) is 4.57 Å². The zero-order chi connectivity index (χ0) is 15.6. The number of aliphatic hydroxyl groups excluding tert-OH is 3. The van der Waals surface area contributed by atoms with Crippen LogP contribution in [0.2, 0.25) is 0 Å². The molecule has 1 fully saturated rings. The minimum Gasteiger partial charge on any atom is -0.394 e. The Bertz CT molecular complexity index is 549. The van der Waals surface area contributed by atoms with Crippen molar-refractivity contribution in [1.29, 1.82) is 0 Å². The highest BCUT2D eigenvalue weighted by molar-refractivity contribution is 5.36. The molecule has 118 valence electrons. The Kier molecular flexibility index (Phi) is 4.91. The fourth-order valence-electron chi connectivity index (χ4n) is 2.30. The molecule has 0 amide bonds. The van der Waals surface area contributed by atoms with Gasteiger partial charge in [0.1, 0.15) is 24.1 Å². The Labute approximate surface area is 120 Å². The van der Waals surface area contributed by atoms with Crippen molar-refractivity contribution in [3.05, 3.63) is 22.2 Å². The number of anilines is 1. The highest BCUT2D eigenvalue weighted by atomic mass is 16.6. The second-order valence-corrected chi connectivity index (χ2v) is 4.96. The van der Waals surface area contributed by atoms with Gasteiger partial charge in [0.05, 0.1) is 6.61 Å². The minimum absolute atomic E-state index is 0.108. The molecule has 0 aromatic carbocycles. The third-order valence-electron chi connectivity index (χ3n) is 3.50. The van der Waals surface area contributed by atoms with Crippen molar-refractivity contribution in [2.75, 3.05) is 18.9 Å². The SMILES string of the molecule is NCCCc1cn([C@@H]2O[C@H](CO)C(O)[C@@H]2O)c(=O)nc1N. The van der Waals surface area contributed by atoms with Crippen molar-refractivity contribution in [3.8, 4) is 0 Å². The zero-order valence-corrected chi connectivity index (χ0v) is 11.4. The average molecular weight is 300 g/mol. The number of aromatic nitrogens is 2. The highest BCUT2D eigenvalue weighted by Crippen LogP contribution is 2.28. The molecule has 1 aliphatic rings. The van der Waals surface area contributed by atoms with Gasteiger partial charge in [0.25, 0.3) is 0 Å². The lowest BCUT2D eigenvalue weighted by Crippen LogP contribution is -2.36. The number of hydrogen-bond donors (Lipinski definition) is 5. The lowest BCUT2D eigenvalue weighted by molar-refractivity contribution is -0.0550. The minimum atomic E-state index is -1.34. The third kappa shape index (κ3) is 3.06. The maximum Gasteiger partial charge on any atom is 0.351 e. The lowest BCUT2D eigenvalue weighted by Gasteiger charge is -2.18. The molecule has 1 aromatic heterocycles. The third-order valence-corrected chi connectivity index (χ3v) is 3.50. The molecule has 21 heavy (non-hydrogen) atoms. The van der Waals surface area contributed by atoms with Crippen molar-refractivity contribution < 1.29 is 20.1 Å². The first-order chi connectivity index (χ1) is 9.99. The number of ether oxygens (including phenoxy) is 1. The van der Waals surface area contributed by atoms with E-state index in [0.29, 0.717) is 24.9 Å². The number of nitrogens with two attached hydrogens (primary N) is 2. The molecule has 0 saturated carbocycles. The van der Waals surface area contributed by atoms with Crippen LogP contribution in [-0.2, 0) is 11.2 Å². The highest BCUT2D eigenvalue weighted by Gasteiger charge is 2.43. The molecule has 9 heteroatoms. The zero-order valence-electron chi connectivity index (χ0n) is 11.4. The van der Waals surface area contributed by atoms with Crippen LogP contribution in [-0.4, -0.2) is 56.3 Å². The van der Waals surface area contributed by atoms with Gasteiger partial charge in [-0.15, -0.1) is 0 Å². The predicted octanol–water partition coefficient (Wildman–Crippen LogP) is -2.67. The summed E-state index contributed by atoms with van der Waals surface area (Å²) in [5, 5.41) is 28.8. The van der Waals surface area contributed by atoms with Gasteiger partial charge in [0.2, 0.25) is 0 Å². The Morgan fingerprint density at radius 2 is 2.10 bits per heavy atom. The largest absolute Gasteiger partial charge is 0.394 e. The predicted molar refractivity (Wildman–Crippen MR) is 73.3 cm³/mol. The summed E-state index contributed by atoms with van der Waals surface area (Å²) in [6.07, 6.45) is -2.05. The van der Waals surface area contributed by atoms with E-state index < -0.39 is 36.8 Å². The smallest absolute Gasteiger partial charge is 0.351 e. The second kappa shape index (κ2) is 6.50. The van der Waals surface area contributed by atoms with Crippen LogP contribution in [0.1, 0.15) is 18.2 Å². The summed E-state index contributed by atoms with van der Waals surface area (Å²) in [6.45, 7) is -0.00166. The molecule has 1 aromatic rings. The first kappa shape index (κ1) is 15.9. The van der Waals surface area contributed by atoms with E-state index in [9.17, 15) is 15.0 Å². The number of nitrogens with zero attached hydrogens (tertiary/aromatic N) is 2. The van der Waals surface area contributed by atoms with E-state index in [1.807, 2.05) is 0 Å². The van der Waals surface area contributed by atoms with Gasteiger partial charge in [0.15, 0.2) is 6.23 Å². The number of hydrogen-bond acceptors (Lipinski definition) is 8. The number of nitrogen functional groups attached to an aromatic ring is 1. The van der Waals surface area contributed by atoms with E-state index in [2.05, 4.69) is 4.98 Å². The van der Waals surface area contributed by atoms with Crippen LogP contribution in [0, 0.1) is 0 Å². The molecular formula is C12H20N4O5. The van der Waals surface area contributed by atoms with E-state index in [1.165, 1.54) is 6.20 Å². The lowest BCUT2D eigenvalue weighted by atomic mass is 10.1. The molecule has 0 radical (unpaired) electrons. The number of aliphatic hydroxyl groups is 3. The van der Waals surface area contributed by atoms with E-state index in [0.717, 1.165) is 4.57 Å². The monoisotopic (exact) mass is 300 g/mol. The van der Waals surface area contributed by atoms with E-state index in [1.54, 1.807) is 0 Å². The second-order valence-electron chi connectivity index (χ2n) is 4.96. The van der Waals surface area contributed by atoms with Crippen molar-refractivity contribution in [2.45, 2.75) is 37.4 Å². The Morgan fingerprint density at radius 3 is 2.67 bits per heavy atom. The average Bonchev–Trinajstić information content (AvgIpc) is 2.74. The van der Waals surface area contributed by atoms with Crippen LogP contribution in [0.25, 0.3) is 0 Å². The summed E-state index contributed by atoms with van der Waals surface area (Å²) in [4.78, 5) is 15.6. The molecule has 7 N–H and O–H groups in total. The fraction of sp³-hybridized carbons (Fsp3) is 0.667. The Morgan fingerprint density at radius 1 is 1.38 bits per heavy atom. The van der Waals surface area contributed by atoms with Crippen molar-refractivity contribution in [3.63, 3.8) is 0 Å².